The van der Waals surface area contributed by atoms with Crippen molar-refractivity contribution in [2.45, 2.75) is 37.5 Å². The summed E-state index contributed by atoms with van der Waals surface area (Å²) in [6, 6.07) is 15.3. The molecule has 3 rings (SSSR count). The minimum atomic E-state index is -3.44. The predicted octanol–water partition coefficient (Wildman–Crippen LogP) is 3.40. The van der Waals surface area contributed by atoms with Gasteiger partial charge in [-0.3, -0.25) is 4.79 Å². The largest absolute Gasteiger partial charge is 0.466 e. The third-order valence-corrected chi connectivity index (χ3v) is 7.57. The Balaban J connectivity index is 1.36. The summed E-state index contributed by atoms with van der Waals surface area (Å²) in [6.07, 6.45) is 2.55. The minimum absolute atomic E-state index is 0.200. The van der Waals surface area contributed by atoms with E-state index in [2.05, 4.69) is 10.6 Å². The number of sulfonamides is 1. The molecule has 0 radical (unpaired) electrons. The second-order valence-corrected chi connectivity index (χ2v) is 9.95. The lowest BCUT2D eigenvalue weighted by molar-refractivity contribution is -0.142. The van der Waals surface area contributed by atoms with Gasteiger partial charge in [-0.2, -0.15) is 4.31 Å². The number of nitrogens with one attached hydrogen (secondary N) is 2. The van der Waals surface area contributed by atoms with E-state index in [0.717, 1.165) is 24.8 Å². The van der Waals surface area contributed by atoms with Crippen LogP contribution in [-0.2, 0) is 26.0 Å². The van der Waals surface area contributed by atoms with Gasteiger partial charge in [0.2, 0.25) is 10.0 Å². The van der Waals surface area contributed by atoms with E-state index in [0.29, 0.717) is 42.7 Å². The van der Waals surface area contributed by atoms with Gasteiger partial charge in [0.1, 0.15) is 0 Å². The van der Waals surface area contributed by atoms with E-state index >= 15 is 0 Å². The quantitative estimate of drug-likeness (QED) is 0.543. The summed E-state index contributed by atoms with van der Waals surface area (Å²) in [5, 5.41) is 5.63. The first kappa shape index (κ1) is 24.7. The van der Waals surface area contributed by atoms with Gasteiger partial charge in [0.05, 0.1) is 17.9 Å². The van der Waals surface area contributed by atoms with Crippen molar-refractivity contribution in [1.29, 1.82) is 0 Å². The standard InChI is InChI=1S/C24H31N3O5S/c1-2-32-23(28)18-20-8-10-21(11-9-20)26-24(29)25-15-12-19-13-16-27(17-14-19)33(30,31)22-6-4-3-5-7-22/h3-11,19H,2,12-18H2,1H3,(H2,25,26,29). The van der Waals surface area contributed by atoms with Crippen molar-refractivity contribution in [3.05, 3.63) is 60.2 Å². The zero-order chi connectivity index (χ0) is 23.7. The smallest absolute Gasteiger partial charge is 0.319 e. The van der Waals surface area contributed by atoms with Gasteiger partial charge in [-0.05, 0) is 61.9 Å². The van der Waals surface area contributed by atoms with Crippen molar-refractivity contribution in [1.82, 2.24) is 9.62 Å². The molecule has 1 saturated heterocycles. The summed E-state index contributed by atoms with van der Waals surface area (Å²) in [7, 11) is -3.44. The highest BCUT2D eigenvalue weighted by atomic mass is 32.2. The number of ether oxygens (including phenoxy) is 1. The molecule has 0 aliphatic carbocycles. The molecule has 1 aliphatic heterocycles. The van der Waals surface area contributed by atoms with Gasteiger partial charge in [-0.15, -0.1) is 0 Å². The topological polar surface area (TPSA) is 105 Å². The van der Waals surface area contributed by atoms with Crippen LogP contribution >= 0.6 is 0 Å². The number of esters is 1. The lowest BCUT2D eigenvalue weighted by Gasteiger charge is -2.31. The molecule has 0 saturated carbocycles. The molecule has 178 valence electrons. The number of carbonyl (C=O) groups is 2. The molecule has 0 aromatic heterocycles. The van der Waals surface area contributed by atoms with Crippen molar-refractivity contribution in [3.8, 4) is 0 Å². The molecule has 1 fully saturated rings. The summed E-state index contributed by atoms with van der Waals surface area (Å²) in [6.45, 7) is 3.62. The van der Waals surface area contributed by atoms with Crippen LogP contribution in [0.1, 0.15) is 31.7 Å². The van der Waals surface area contributed by atoms with Gasteiger partial charge in [-0.25, -0.2) is 13.2 Å². The Morgan fingerprint density at radius 3 is 2.33 bits per heavy atom. The van der Waals surface area contributed by atoms with E-state index in [1.807, 2.05) is 0 Å². The van der Waals surface area contributed by atoms with Crippen molar-refractivity contribution < 1.29 is 22.7 Å². The number of nitrogens with zero attached hydrogens (tertiary/aromatic N) is 1. The maximum Gasteiger partial charge on any atom is 0.319 e. The van der Waals surface area contributed by atoms with Gasteiger partial charge in [-0.1, -0.05) is 30.3 Å². The normalized spacial score (nSPS) is 15.1. The molecule has 0 unspecified atom stereocenters. The molecule has 2 aromatic rings. The van der Waals surface area contributed by atoms with Crippen LogP contribution in [0.5, 0.6) is 0 Å². The molecule has 9 heteroatoms. The SMILES string of the molecule is CCOC(=O)Cc1ccc(NC(=O)NCCC2CCN(S(=O)(=O)c3ccccc3)CC2)cc1. The van der Waals surface area contributed by atoms with Crippen molar-refractivity contribution in [2.75, 3.05) is 31.6 Å². The summed E-state index contributed by atoms with van der Waals surface area (Å²) in [5.41, 5.74) is 1.46. The third-order valence-electron chi connectivity index (χ3n) is 5.66. The van der Waals surface area contributed by atoms with E-state index in [9.17, 15) is 18.0 Å². The number of piperidine rings is 1. The molecule has 33 heavy (non-hydrogen) atoms. The Morgan fingerprint density at radius 1 is 1.03 bits per heavy atom. The Kier molecular flexibility index (Phi) is 8.85. The molecule has 2 aromatic carbocycles. The summed E-state index contributed by atoms with van der Waals surface area (Å²) >= 11 is 0. The Hall–Kier alpha value is -2.91. The van der Waals surface area contributed by atoms with Gasteiger partial charge in [0.25, 0.3) is 0 Å². The van der Waals surface area contributed by atoms with Crippen LogP contribution in [0.3, 0.4) is 0 Å². The average Bonchev–Trinajstić information content (AvgIpc) is 2.81. The Labute approximate surface area is 195 Å². The molecular weight excluding hydrogens is 442 g/mol. The van der Waals surface area contributed by atoms with Crippen LogP contribution in [0.25, 0.3) is 0 Å². The summed E-state index contributed by atoms with van der Waals surface area (Å²) < 4.78 is 31.9. The van der Waals surface area contributed by atoms with E-state index in [1.165, 1.54) is 0 Å². The number of urea groups is 1. The van der Waals surface area contributed by atoms with Crippen molar-refractivity contribution in [2.24, 2.45) is 5.92 Å². The fraction of sp³-hybridized carbons (Fsp3) is 0.417. The predicted molar refractivity (Wildman–Crippen MR) is 126 cm³/mol. The fourth-order valence-electron chi connectivity index (χ4n) is 3.83. The van der Waals surface area contributed by atoms with Crippen LogP contribution in [0.4, 0.5) is 10.5 Å². The first-order valence-electron chi connectivity index (χ1n) is 11.2. The molecule has 0 spiro atoms. The second-order valence-electron chi connectivity index (χ2n) is 8.01. The minimum Gasteiger partial charge on any atom is -0.466 e. The number of hydrogen-bond acceptors (Lipinski definition) is 5. The molecule has 2 N–H and O–H groups in total. The molecule has 1 aliphatic rings. The number of carbonyl (C=O) groups excluding carboxylic acids is 2. The molecule has 2 amide bonds. The maximum atomic E-state index is 12.7. The van der Waals surface area contributed by atoms with E-state index in [1.54, 1.807) is 65.8 Å². The van der Waals surface area contributed by atoms with Crippen LogP contribution < -0.4 is 10.6 Å². The second kappa shape index (κ2) is 11.8. The van der Waals surface area contributed by atoms with Crippen molar-refractivity contribution >= 4 is 27.7 Å². The molecule has 0 atom stereocenters. The molecule has 8 nitrogen and oxygen atoms in total. The molecular formula is C24H31N3O5S. The third kappa shape index (κ3) is 7.30. The number of hydrogen-bond donors (Lipinski definition) is 2. The first-order valence-corrected chi connectivity index (χ1v) is 12.7. The van der Waals surface area contributed by atoms with Gasteiger partial charge in [0.15, 0.2) is 0 Å². The molecule has 1 heterocycles. The van der Waals surface area contributed by atoms with E-state index < -0.39 is 10.0 Å². The Morgan fingerprint density at radius 2 is 1.70 bits per heavy atom. The zero-order valence-corrected chi connectivity index (χ0v) is 19.6. The lowest BCUT2D eigenvalue weighted by Crippen LogP contribution is -2.39. The average molecular weight is 474 g/mol. The zero-order valence-electron chi connectivity index (χ0n) is 18.8. The summed E-state index contributed by atoms with van der Waals surface area (Å²) in [5.74, 6) is 0.0918. The number of anilines is 1. The number of benzene rings is 2. The van der Waals surface area contributed by atoms with Crippen LogP contribution in [0.2, 0.25) is 0 Å². The van der Waals surface area contributed by atoms with Crippen LogP contribution in [-0.4, -0.2) is 51.0 Å². The van der Waals surface area contributed by atoms with Crippen LogP contribution in [0.15, 0.2) is 59.5 Å². The Bertz CT molecular complexity index is 1020. The van der Waals surface area contributed by atoms with Crippen molar-refractivity contribution in [3.63, 3.8) is 0 Å². The maximum absolute atomic E-state index is 12.7. The van der Waals surface area contributed by atoms with Gasteiger partial charge in [0, 0.05) is 25.3 Å². The highest BCUT2D eigenvalue weighted by molar-refractivity contribution is 7.89. The molecule has 0 bridgehead atoms. The highest BCUT2D eigenvalue weighted by Gasteiger charge is 2.29. The fourth-order valence-corrected chi connectivity index (χ4v) is 5.32. The lowest BCUT2D eigenvalue weighted by atomic mass is 9.95. The number of amides is 2. The summed E-state index contributed by atoms with van der Waals surface area (Å²) in [4.78, 5) is 24.0. The van der Waals surface area contributed by atoms with E-state index in [4.69, 9.17) is 4.74 Å². The van der Waals surface area contributed by atoms with E-state index in [-0.39, 0.29) is 18.4 Å². The first-order chi connectivity index (χ1) is 15.9. The monoisotopic (exact) mass is 473 g/mol. The van der Waals surface area contributed by atoms with Gasteiger partial charge >= 0.3 is 12.0 Å². The highest BCUT2D eigenvalue weighted by Crippen LogP contribution is 2.25. The van der Waals surface area contributed by atoms with Gasteiger partial charge < -0.3 is 15.4 Å². The number of rotatable bonds is 9. The van der Waals surface area contributed by atoms with Crippen LogP contribution in [0, 0.1) is 5.92 Å².